The van der Waals surface area contributed by atoms with Gasteiger partial charge in [-0.05, 0) is 13.3 Å². The molecule has 0 radical (unpaired) electrons. The summed E-state index contributed by atoms with van der Waals surface area (Å²) in [5.41, 5.74) is 0. The SMILES string of the molecule is CCCCCCCCCCCCCC(C)O[C@@H]1OC(CO)[C@@H](O[C@H]2OC(CO)[C@@H](O)C(O)C2O)C(O)C1O. The van der Waals surface area contributed by atoms with Gasteiger partial charge < -0.3 is 54.7 Å². The van der Waals surface area contributed by atoms with Crippen LogP contribution in [0, 0.1) is 0 Å². The highest BCUT2D eigenvalue weighted by atomic mass is 16.7. The van der Waals surface area contributed by atoms with Crippen LogP contribution in [0.25, 0.3) is 0 Å². The molecule has 11 nitrogen and oxygen atoms in total. The smallest absolute Gasteiger partial charge is 0.187 e. The molecular formula is C27H52O11. The van der Waals surface area contributed by atoms with Crippen molar-refractivity contribution >= 4 is 0 Å². The third-order valence-corrected chi connectivity index (χ3v) is 7.54. The standard InChI is InChI=1S/C27H52O11/c1-3-4-5-6-7-8-9-10-11-12-13-14-17(2)35-26-24(34)22(32)25(19(16-29)37-26)38-27-23(33)21(31)20(30)18(15-28)36-27/h17-34H,3-16H2,1-2H3/t17?,18?,19?,20-,21?,22?,23?,24?,25-,26-,27-/m1/s1. The lowest BCUT2D eigenvalue weighted by molar-refractivity contribution is -0.362. The minimum absolute atomic E-state index is 0.248. The van der Waals surface area contributed by atoms with Gasteiger partial charge in [-0.25, -0.2) is 0 Å². The zero-order chi connectivity index (χ0) is 28.1. The first-order valence-corrected chi connectivity index (χ1v) is 14.5. The second-order valence-corrected chi connectivity index (χ2v) is 10.8. The fourth-order valence-electron chi connectivity index (χ4n) is 5.06. The van der Waals surface area contributed by atoms with Crippen LogP contribution in [0.2, 0.25) is 0 Å². The summed E-state index contributed by atoms with van der Waals surface area (Å²) in [7, 11) is 0. The van der Waals surface area contributed by atoms with Crippen molar-refractivity contribution in [1.82, 2.24) is 0 Å². The van der Waals surface area contributed by atoms with Crippen LogP contribution >= 0.6 is 0 Å². The molecule has 0 aromatic heterocycles. The molecule has 0 aromatic carbocycles. The van der Waals surface area contributed by atoms with Gasteiger partial charge in [0.2, 0.25) is 0 Å². The van der Waals surface area contributed by atoms with E-state index in [9.17, 15) is 35.7 Å². The summed E-state index contributed by atoms with van der Waals surface area (Å²) in [6.07, 6.45) is -0.256. The second-order valence-electron chi connectivity index (χ2n) is 10.8. The van der Waals surface area contributed by atoms with E-state index in [2.05, 4.69) is 6.92 Å². The van der Waals surface area contributed by atoms with E-state index < -0.39 is 74.6 Å². The van der Waals surface area contributed by atoms with E-state index in [0.29, 0.717) is 0 Å². The lowest BCUT2D eigenvalue weighted by Gasteiger charge is -2.46. The van der Waals surface area contributed by atoms with Gasteiger partial charge in [-0.2, -0.15) is 0 Å². The number of hydrogen-bond acceptors (Lipinski definition) is 11. The largest absolute Gasteiger partial charge is 0.394 e. The predicted octanol–water partition coefficient (Wildman–Crippen LogP) is 0.717. The van der Waals surface area contributed by atoms with E-state index in [-0.39, 0.29) is 6.10 Å². The lowest BCUT2D eigenvalue weighted by Crippen LogP contribution is -2.64. The lowest BCUT2D eigenvalue weighted by atomic mass is 9.97. The number of unbranched alkanes of at least 4 members (excludes halogenated alkanes) is 10. The van der Waals surface area contributed by atoms with Gasteiger partial charge in [0.1, 0.15) is 48.8 Å². The molecule has 226 valence electrons. The number of aliphatic hydroxyl groups excluding tert-OH is 7. The Morgan fingerprint density at radius 3 is 1.66 bits per heavy atom. The van der Waals surface area contributed by atoms with E-state index in [4.69, 9.17) is 18.9 Å². The molecule has 7 N–H and O–H groups in total. The van der Waals surface area contributed by atoms with E-state index in [0.717, 1.165) is 19.3 Å². The van der Waals surface area contributed by atoms with Crippen LogP contribution < -0.4 is 0 Å². The van der Waals surface area contributed by atoms with Crippen molar-refractivity contribution in [3.8, 4) is 0 Å². The molecule has 0 aliphatic carbocycles. The van der Waals surface area contributed by atoms with E-state index in [1.807, 2.05) is 6.92 Å². The number of hydrogen-bond donors (Lipinski definition) is 7. The zero-order valence-corrected chi connectivity index (χ0v) is 23.0. The summed E-state index contributed by atoms with van der Waals surface area (Å²) >= 11 is 0. The summed E-state index contributed by atoms with van der Waals surface area (Å²) < 4.78 is 22.4. The van der Waals surface area contributed by atoms with Crippen molar-refractivity contribution in [3.63, 3.8) is 0 Å². The van der Waals surface area contributed by atoms with Crippen LogP contribution in [-0.4, -0.2) is 116 Å². The van der Waals surface area contributed by atoms with Crippen molar-refractivity contribution in [2.75, 3.05) is 13.2 Å². The van der Waals surface area contributed by atoms with E-state index in [1.165, 1.54) is 57.8 Å². The molecule has 11 heteroatoms. The Morgan fingerprint density at radius 1 is 0.605 bits per heavy atom. The minimum atomic E-state index is -1.70. The van der Waals surface area contributed by atoms with Gasteiger partial charge in [-0.1, -0.05) is 77.6 Å². The van der Waals surface area contributed by atoms with Gasteiger partial charge in [-0.15, -0.1) is 0 Å². The van der Waals surface area contributed by atoms with Gasteiger partial charge in [0.15, 0.2) is 12.6 Å². The summed E-state index contributed by atoms with van der Waals surface area (Å²) in [6.45, 7) is 2.86. The zero-order valence-electron chi connectivity index (χ0n) is 23.0. The number of ether oxygens (including phenoxy) is 4. The molecular weight excluding hydrogens is 500 g/mol. The van der Waals surface area contributed by atoms with Crippen molar-refractivity contribution in [1.29, 1.82) is 0 Å². The quantitative estimate of drug-likeness (QED) is 0.119. The molecule has 38 heavy (non-hydrogen) atoms. The van der Waals surface area contributed by atoms with Gasteiger partial charge in [0, 0.05) is 0 Å². The van der Waals surface area contributed by atoms with Crippen molar-refractivity contribution in [2.24, 2.45) is 0 Å². The molecule has 2 heterocycles. The monoisotopic (exact) mass is 552 g/mol. The molecule has 2 saturated heterocycles. The first-order chi connectivity index (χ1) is 18.2. The van der Waals surface area contributed by atoms with Crippen LogP contribution in [0.4, 0.5) is 0 Å². The van der Waals surface area contributed by atoms with Gasteiger partial charge in [0.05, 0.1) is 19.3 Å². The maximum absolute atomic E-state index is 10.7. The van der Waals surface area contributed by atoms with Crippen LogP contribution in [0.5, 0.6) is 0 Å². The Labute approximate surface area is 226 Å². The molecule has 0 bridgehead atoms. The maximum atomic E-state index is 10.7. The summed E-state index contributed by atoms with van der Waals surface area (Å²) in [5, 5.41) is 70.7. The third kappa shape index (κ3) is 10.2. The summed E-state index contributed by atoms with van der Waals surface area (Å²) in [6, 6.07) is 0. The van der Waals surface area contributed by atoms with Gasteiger partial charge in [0.25, 0.3) is 0 Å². The molecule has 7 unspecified atom stereocenters. The van der Waals surface area contributed by atoms with Crippen LogP contribution in [-0.2, 0) is 18.9 Å². The number of rotatable bonds is 18. The summed E-state index contributed by atoms with van der Waals surface area (Å²) in [5.74, 6) is 0. The van der Waals surface area contributed by atoms with E-state index in [1.54, 1.807) is 0 Å². The molecule has 2 fully saturated rings. The van der Waals surface area contributed by atoms with Crippen molar-refractivity contribution in [3.05, 3.63) is 0 Å². The Balaban J connectivity index is 1.73. The molecule has 0 amide bonds. The second kappa shape index (κ2) is 18.1. The summed E-state index contributed by atoms with van der Waals surface area (Å²) in [4.78, 5) is 0. The molecule has 11 atom stereocenters. The van der Waals surface area contributed by atoms with Crippen LogP contribution in [0.1, 0.15) is 90.9 Å². The predicted molar refractivity (Wildman–Crippen MR) is 138 cm³/mol. The third-order valence-electron chi connectivity index (χ3n) is 7.54. The maximum Gasteiger partial charge on any atom is 0.187 e. The first kappa shape index (κ1) is 33.8. The van der Waals surface area contributed by atoms with Crippen LogP contribution in [0.15, 0.2) is 0 Å². The van der Waals surface area contributed by atoms with Gasteiger partial charge >= 0.3 is 0 Å². The Hall–Kier alpha value is -0.440. The molecule has 0 aromatic rings. The average Bonchev–Trinajstić information content (AvgIpc) is 2.91. The Kier molecular flexibility index (Phi) is 16.1. The van der Waals surface area contributed by atoms with Crippen molar-refractivity contribution < 1.29 is 54.7 Å². The number of aliphatic hydroxyl groups is 7. The van der Waals surface area contributed by atoms with E-state index >= 15 is 0 Å². The highest BCUT2D eigenvalue weighted by Gasteiger charge is 2.50. The molecule has 0 spiro atoms. The van der Waals surface area contributed by atoms with Crippen molar-refractivity contribution in [2.45, 2.75) is 158 Å². The molecule has 0 saturated carbocycles. The average molecular weight is 553 g/mol. The normalized spacial score (nSPS) is 36.9. The topological polar surface area (TPSA) is 179 Å². The highest BCUT2D eigenvalue weighted by Crippen LogP contribution is 2.30. The van der Waals surface area contributed by atoms with Crippen LogP contribution in [0.3, 0.4) is 0 Å². The first-order valence-electron chi connectivity index (χ1n) is 14.5. The minimum Gasteiger partial charge on any atom is -0.394 e. The fraction of sp³-hybridized carbons (Fsp3) is 1.00. The molecule has 2 rings (SSSR count). The highest BCUT2D eigenvalue weighted by molar-refractivity contribution is 4.94. The Morgan fingerprint density at radius 2 is 1.11 bits per heavy atom. The molecule has 2 aliphatic heterocycles. The molecule has 2 aliphatic rings. The Bertz CT molecular complexity index is 608. The van der Waals surface area contributed by atoms with Gasteiger partial charge in [-0.3, -0.25) is 0 Å². The fourth-order valence-corrected chi connectivity index (χ4v) is 5.06.